The van der Waals surface area contributed by atoms with Crippen LogP contribution in [0.5, 0.6) is 0 Å². The number of benzene rings is 1. The first-order valence-electron chi connectivity index (χ1n) is 6.49. The minimum atomic E-state index is 0.680. The average Bonchev–Trinajstić information content (AvgIpc) is 2.67. The second-order valence-corrected chi connectivity index (χ2v) is 5.37. The Morgan fingerprint density at radius 1 is 1.21 bits per heavy atom. The molecule has 0 aliphatic carbocycles. The van der Waals surface area contributed by atoms with Crippen molar-refractivity contribution in [3.05, 3.63) is 51.8 Å². The van der Waals surface area contributed by atoms with Gasteiger partial charge in [-0.25, -0.2) is 0 Å². The van der Waals surface area contributed by atoms with Gasteiger partial charge in [-0.15, -0.1) is 0 Å². The zero-order valence-corrected chi connectivity index (χ0v) is 13.0. The highest BCUT2D eigenvalue weighted by Gasteiger charge is 2.07. The Kier molecular flexibility index (Phi) is 5.16. The lowest BCUT2D eigenvalue weighted by molar-refractivity contribution is 0.115. The molecule has 0 amide bonds. The van der Waals surface area contributed by atoms with E-state index in [9.17, 15) is 0 Å². The van der Waals surface area contributed by atoms with Crippen molar-refractivity contribution in [3.8, 4) is 0 Å². The van der Waals surface area contributed by atoms with E-state index in [1.165, 1.54) is 11.1 Å². The standard InChI is InChI=1S/C15H19BrN2O/c1-12-13(2)17-18(15(12)16)9-6-10-19-11-14-7-4-3-5-8-14/h3-5,7-8H,6,9-11H2,1-2H3. The van der Waals surface area contributed by atoms with Crippen LogP contribution in [0.25, 0.3) is 0 Å². The van der Waals surface area contributed by atoms with Crippen LogP contribution in [-0.4, -0.2) is 16.4 Å². The first-order valence-corrected chi connectivity index (χ1v) is 7.29. The lowest BCUT2D eigenvalue weighted by atomic mass is 10.2. The smallest absolute Gasteiger partial charge is 0.107 e. The highest BCUT2D eigenvalue weighted by atomic mass is 79.9. The Labute approximate surface area is 122 Å². The third kappa shape index (κ3) is 3.91. The number of rotatable bonds is 6. The quantitative estimate of drug-likeness (QED) is 0.755. The normalized spacial score (nSPS) is 10.9. The van der Waals surface area contributed by atoms with E-state index in [2.05, 4.69) is 40.1 Å². The summed E-state index contributed by atoms with van der Waals surface area (Å²) >= 11 is 3.57. The molecule has 2 aromatic rings. The molecular formula is C15H19BrN2O. The van der Waals surface area contributed by atoms with E-state index in [0.29, 0.717) is 6.61 Å². The van der Waals surface area contributed by atoms with E-state index in [0.717, 1.165) is 29.9 Å². The van der Waals surface area contributed by atoms with Crippen molar-refractivity contribution in [2.45, 2.75) is 33.4 Å². The third-order valence-corrected chi connectivity index (χ3v) is 4.12. The number of nitrogens with zero attached hydrogens (tertiary/aromatic N) is 2. The zero-order chi connectivity index (χ0) is 13.7. The van der Waals surface area contributed by atoms with Gasteiger partial charge in [0.2, 0.25) is 0 Å². The Balaban J connectivity index is 1.71. The van der Waals surface area contributed by atoms with Crippen LogP contribution < -0.4 is 0 Å². The van der Waals surface area contributed by atoms with E-state index >= 15 is 0 Å². The SMILES string of the molecule is Cc1nn(CCCOCc2ccccc2)c(Br)c1C. The van der Waals surface area contributed by atoms with Crippen molar-refractivity contribution in [1.82, 2.24) is 9.78 Å². The second-order valence-electron chi connectivity index (χ2n) is 4.62. The second kappa shape index (κ2) is 6.87. The summed E-state index contributed by atoms with van der Waals surface area (Å²) in [6, 6.07) is 10.2. The first kappa shape index (κ1) is 14.3. The fraction of sp³-hybridized carbons (Fsp3) is 0.400. The van der Waals surface area contributed by atoms with E-state index in [-0.39, 0.29) is 0 Å². The van der Waals surface area contributed by atoms with Crippen LogP contribution in [0.2, 0.25) is 0 Å². The molecular weight excluding hydrogens is 304 g/mol. The first-order chi connectivity index (χ1) is 9.18. The van der Waals surface area contributed by atoms with Gasteiger partial charge in [0.15, 0.2) is 0 Å². The van der Waals surface area contributed by atoms with E-state index in [1.807, 2.05) is 29.8 Å². The Morgan fingerprint density at radius 3 is 2.58 bits per heavy atom. The van der Waals surface area contributed by atoms with Gasteiger partial charge in [0.25, 0.3) is 0 Å². The molecule has 0 spiro atoms. The molecule has 102 valence electrons. The molecule has 4 heteroatoms. The van der Waals surface area contributed by atoms with Crippen molar-refractivity contribution in [2.24, 2.45) is 0 Å². The van der Waals surface area contributed by atoms with E-state index in [1.54, 1.807) is 0 Å². The number of halogens is 1. The van der Waals surface area contributed by atoms with Crippen LogP contribution in [0.1, 0.15) is 23.2 Å². The summed E-state index contributed by atoms with van der Waals surface area (Å²) in [6.45, 7) is 6.42. The van der Waals surface area contributed by atoms with Gasteiger partial charge < -0.3 is 4.74 Å². The number of aryl methyl sites for hydroxylation is 2. The van der Waals surface area contributed by atoms with E-state index in [4.69, 9.17) is 4.74 Å². The molecule has 0 aliphatic rings. The largest absolute Gasteiger partial charge is 0.377 e. The van der Waals surface area contributed by atoms with Crippen LogP contribution in [0, 0.1) is 13.8 Å². The van der Waals surface area contributed by atoms with Crippen molar-refractivity contribution in [2.75, 3.05) is 6.61 Å². The summed E-state index contributed by atoms with van der Waals surface area (Å²) in [5.74, 6) is 0. The molecule has 0 aliphatic heterocycles. The minimum Gasteiger partial charge on any atom is -0.377 e. The van der Waals surface area contributed by atoms with Crippen LogP contribution in [-0.2, 0) is 17.9 Å². The molecule has 0 unspecified atom stereocenters. The third-order valence-electron chi connectivity index (χ3n) is 3.12. The highest BCUT2D eigenvalue weighted by molar-refractivity contribution is 9.10. The van der Waals surface area contributed by atoms with Crippen molar-refractivity contribution < 1.29 is 4.74 Å². The summed E-state index contributed by atoms with van der Waals surface area (Å²) < 4.78 is 8.74. The minimum absolute atomic E-state index is 0.680. The van der Waals surface area contributed by atoms with Gasteiger partial charge >= 0.3 is 0 Å². The fourth-order valence-corrected chi connectivity index (χ4v) is 2.42. The molecule has 0 saturated heterocycles. The number of aromatic nitrogens is 2. The molecule has 19 heavy (non-hydrogen) atoms. The number of hydrogen-bond donors (Lipinski definition) is 0. The van der Waals surface area contributed by atoms with E-state index < -0.39 is 0 Å². The Hall–Kier alpha value is -1.13. The topological polar surface area (TPSA) is 27.1 Å². The molecule has 0 bridgehead atoms. The predicted octanol–water partition coefficient (Wildman–Crippen LogP) is 3.87. The van der Waals surface area contributed by atoms with Crippen molar-refractivity contribution in [3.63, 3.8) is 0 Å². The molecule has 2 rings (SSSR count). The number of hydrogen-bond acceptors (Lipinski definition) is 2. The molecule has 1 aromatic carbocycles. The number of ether oxygens (including phenoxy) is 1. The average molecular weight is 323 g/mol. The molecule has 0 saturated carbocycles. The summed E-state index contributed by atoms with van der Waals surface area (Å²) in [5.41, 5.74) is 3.51. The maximum Gasteiger partial charge on any atom is 0.107 e. The van der Waals surface area contributed by atoms with Gasteiger partial charge in [0, 0.05) is 18.7 Å². The summed E-state index contributed by atoms with van der Waals surface area (Å²) in [6.07, 6.45) is 0.964. The molecule has 3 nitrogen and oxygen atoms in total. The summed E-state index contributed by atoms with van der Waals surface area (Å²) in [5, 5.41) is 4.48. The fourth-order valence-electron chi connectivity index (χ4n) is 1.87. The van der Waals surface area contributed by atoms with Crippen LogP contribution >= 0.6 is 15.9 Å². The maximum absolute atomic E-state index is 5.66. The molecule has 1 heterocycles. The van der Waals surface area contributed by atoms with Gasteiger partial charge in [-0.1, -0.05) is 30.3 Å². The lowest BCUT2D eigenvalue weighted by Crippen LogP contribution is -2.05. The van der Waals surface area contributed by atoms with Crippen LogP contribution in [0.15, 0.2) is 34.9 Å². The van der Waals surface area contributed by atoms with Gasteiger partial charge in [-0.05, 0) is 41.8 Å². The lowest BCUT2D eigenvalue weighted by Gasteiger charge is -2.05. The monoisotopic (exact) mass is 322 g/mol. The van der Waals surface area contributed by atoms with Crippen molar-refractivity contribution >= 4 is 15.9 Å². The van der Waals surface area contributed by atoms with Crippen LogP contribution in [0.3, 0.4) is 0 Å². The Bertz CT molecular complexity index is 522. The molecule has 1 aromatic heterocycles. The maximum atomic E-state index is 5.66. The summed E-state index contributed by atoms with van der Waals surface area (Å²) in [4.78, 5) is 0. The molecule has 0 atom stereocenters. The van der Waals surface area contributed by atoms with Crippen molar-refractivity contribution in [1.29, 1.82) is 0 Å². The van der Waals surface area contributed by atoms with Gasteiger partial charge in [0.05, 0.1) is 12.3 Å². The molecule has 0 N–H and O–H groups in total. The predicted molar refractivity (Wildman–Crippen MR) is 80.1 cm³/mol. The Morgan fingerprint density at radius 2 is 1.95 bits per heavy atom. The van der Waals surface area contributed by atoms with Gasteiger partial charge in [-0.2, -0.15) is 5.10 Å². The summed E-state index contributed by atoms with van der Waals surface area (Å²) in [7, 11) is 0. The molecule has 0 radical (unpaired) electrons. The van der Waals surface area contributed by atoms with Gasteiger partial charge in [0.1, 0.15) is 4.60 Å². The zero-order valence-electron chi connectivity index (χ0n) is 11.4. The molecule has 0 fully saturated rings. The highest BCUT2D eigenvalue weighted by Crippen LogP contribution is 2.19. The van der Waals surface area contributed by atoms with Gasteiger partial charge in [-0.3, -0.25) is 4.68 Å². The van der Waals surface area contributed by atoms with Crippen LogP contribution in [0.4, 0.5) is 0 Å².